The zero-order valence-electron chi connectivity index (χ0n) is 11.0. The number of aryl methyl sites for hydroxylation is 1. The molecule has 5 nitrogen and oxygen atoms in total. The minimum Gasteiger partial charge on any atom is -0.355 e. The maximum absolute atomic E-state index is 11.6. The topological polar surface area (TPSA) is 70.2 Å². The Morgan fingerprint density at radius 1 is 1.28 bits per heavy atom. The van der Waals surface area contributed by atoms with Crippen LogP contribution in [0.25, 0.3) is 0 Å². The van der Waals surface area contributed by atoms with E-state index >= 15 is 0 Å². The molecule has 3 N–H and O–H groups in total. The van der Waals surface area contributed by atoms with Crippen molar-refractivity contribution in [3.63, 3.8) is 0 Å². The summed E-state index contributed by atoms with van der Waals surface area (Å²) in [6, 6.07) is 4.94. The molecule has 0 aliphatic rings. The lowest BCUT2D eigenvalue weighted by Crippen LogP contribution is -2.29. The van der Waals surface area contributed by atoms with E-state index in [-0.39, 0.29) is 11.9 Å². The number of hydrogen-bond acceptors (Lipinski definition) is 2. The van der Waals surface area contributed by atoms with E-state index < -0.39 is 0 Å². The van der Waals surface area contributed by atoms with E-state index in [9.17, 15) is 9.59 Å². The molecule has 0 spiro atoms. The molecule has 98 valence electrons. The van der Waals surface area contributed by atoms with E-state index in [0.717, 1.165) is 12.0 Å². The van der Waals surface area contributed by atoms with Gasteiger partial charge in [-0.2, -0.15) is 0 Å². The number of carbonyl (C=O) groups is 2. The Balaban J connectivity index is 2.81. The largest absolute Gasteiger partial charge is 0.355 e. The highest BCUT2D eigenvalue weighted by Gasteiger charge is 2.08. The van der Waals surface area contributed by atoms with Gasteiger partial charge in [0.25, 0.3) is 5.91 Å². The van der Waals surface area contributed by atoms with E-state index in [2.05, 4.69) is 16.0 Å². The smallest absolute Gasteiger partial charge is 0.319 e. The van der Waals surface area contributed by atoms with Crippen LogP contribution in [0, 0.1) is 6.92 Å². The zero-order valence-corrected chi connectivity index (χ0v) is 11.0. The van der Waals surface area contributed by atoms with Crippen molar-refractivity contribution in [2.24, 2.45) is 0 Å². The summed E-state index contributed by atoms with van der Waals surface area (Å²) in [6.07, 6.45) is 0.880. The number of benzene rings is 1. The summed E-state index contributed by atoms with van der Waals surface area (Å²) in [4.78, 5) is 23.0. The standard InChI is InChI=1S/C13H19N3O2/c1-4-7-15-13(18)16-11-8-10(12(17)14-3)6-5-9(11)2/h5-6,8H,4,7H2,1-3H3,(H,14,17)(H2,15,16,18). The van der Waals surface area contributed by atoms with Gasteiger partial charge in [-0.15, -0.1) is 0 Å². The Morgan fingerprint density at radius 3 is 2.61 bits per heavy atom. The van der Waals surface area contributed by atoms with Crippen LogP contribution < -0.4 is 16.0 Å². The first-order valence-electron chi connectivity index (χ1n) is 5.96. The van der Waals surface area contributed by atoms with Gasteiger partial charge in [0.15, 0.2) is 0 Å². The molecule has 0 bridgehead atoms. The fraction of sp³-hybridized carbons (Fsp3) is 0.385. The van der Waals surface area contributed by atoms with Crippen LogP contribution in [0.15, 0.2) is 18.2 Å². The van der Waals surface area contributed by atoms with E-state index in [1.54, 1.807) is 25.2 Å². The van der Waals surface area contributed by atoms with Crippen molar-refractivity contribution in [1.82, 2.24) is 10.6 Å². The molecule has 0 atom stereocenters. The quantitative estimate of drug-likeness (QED) is 0.762. The van der Waals surface area contributed by atoms with Crippen molar-refractivity contribution >= 4 is 17.6 Å². The molecule has 0 aliphatic carbocycles. The van der Waals surface area contributed by atoms with Gasteiger partial charge < -0.3 is 16.0 Å². The molecule has 0 saturated heterocycles. The number of anilines is 1. The number of rotatable bonds is 4. The minimum absolute atomic E-state index is 0.174. The maximum Gasteiger partial charge on any atom is 0.319 e. The Kier molecular flexibility index (Phi) is 5.17. The summed E-state index contributed by atoms with van der Waals surface area (Å²) in [6.45, 7) is 4.49. The predicted octanol–water partition coefficient (Wildman–Crippen LogP) is 1.89. The summed E-state index contributed by atoms with van der Waals surface area (Å²) in [5, 5.41) is 8.00. The van der Waals surface area contributed by atoms with Crippen LogP contribution in [0.4, 0.5) is 10.5 Å². The van der Waals surface area contributed by atoms with Gasteiger partial charge in [-0.3, -0.25) is 4.79 Å². The number of hydrogen-bond donors (Lipinski definition) is 3. The van der Waals surface area contributed by atoms with Crippen LogP contribution >= 0.6 is 0 Å². The molecule has 5 heteroatoms. The SMILES string of the molecule is CCCNC(=O)Nc1cc(C(=O)NC)ccc1C. The number of carbonyl (C=O) groups excluding carboxylic acids is 2. The second-order valence-electron chi connectivity index (χ2n) is 3.99. The Hall–Kier alpha value is -2.04. The van der Waals surface area contributed by atoms with Crippen molar-refractivity contribution in [2.75, 3.05) is 18.9 Å². The summed E-state index contributed by atoms with van der Waals surface area (Å²) >= 11 is 0. The van der Waals surface area contributed by atoms with Crippen molar-refractivity contribution in [2.45, 2.75) is 20.3 Å². The van der Waals surface area contributed by atoms with Crippen molar-refractivity contribution in [3.05, 3.63) is 29.3 Å². The average molecular weight is 249 g/mol. The van der Waals surface area contributed by atoms with Gasteiger partial charge in [-0.05, 0) is 31.0 Å². The molecule has 18 heavy (non-hydrogen) atoms. The summed E-state index contributed by atoms with van der Waals surface area (Å²) in [5.41, 5.74) is 2.08. The Bertz CT molecular complexity index is 444. The van der Waals surface area contributed by atoms with Crippen LogP contribution in [0.2, 0.25) is 0 Å². The van der Waals surface area contributed by atoms with Gasteiger partial charge in [0.05, 0.1) is 0 Å². The second-order valence-corrected chi connectivity index (χ2v) is 3.99. The van der Waals surface area contributed by atoms with Gasteiger partial charge in [0, 0.05) is 24.8 Å². The lowest BCUT2D eigenvalue weighted by molar-refractivity contribution is 0.0963. The molecule has 3 amide bonds. The molecular weight excluding hydrogens is 230 g/mol. The highest BCUT2D eigenvalue weighted by atomic mass is 16.2. The van der Waals surface area contributed by atoms with E-state index in [0.29, 0.717) is 17.8 Å². The molecule has 1 aromatic rings. The number of urea groups is 1. The third kappa shape index (κ3) is 3.76. The first-order valence-corrected chi connectivity index (χ1v) is 5.96. The van der Waals surface area contributed by atoms with Gasteiger partial charge in [0.1, 0.15) is 0 Å². The zero-order chi connectivity index (χ0) is 13.5. The third-order valence-corrected chi connectivity index (χ3v) is 2.51. The van der Waals surface area contributed by atoms with Crippen LogP contribution in [0.3, 0.4) is 0 Å². The van der Waals surface area contributed by atoms with Gasteiger partial charge in [0.2, 0.25) is 0 Å². The third-order valence-electron chi connectivity index (χ3n) is 2.51. The molecule has 1 rings (SSSR count). The lowest BCUT2D eigenvalue weighted by Gasteiger charge is -2.10. The molecule has 0 aliphatic heterocycles. The first-order chi connectivity index (χ1) is 8.58. The van der Waals surface area contributed by atoms with E-state index in [1.807, 2.05) is 13.8 Å². The summed E-state index contributed by atoms with van der Waals surface area (Å²) in [5.74, 6) is -0.174. The van der Waals surface area contributed by atoms with Gasteiger partial charge in [-0.1, -0.05) is 13.0 Å². The molecule has 1 aromatic carbocycles. The van der Waals surface area contributed by atoms with Crippen molar-refractivity contribution in [1.29, 1.82) is 0 Å². The van der Waals surface area contributed by atoms with Gasteiger partial charge in [-0.25, -0.2) is 4.79 Å². The molecule has 0 saturated carbocycles. The monoisotopic (exact) mass is 249 g/mol. The fourth-order valence-corrected chi connectivity index (χ4v) is 1.45. The van der Waals surface area contributed by atoms with Gasteiger partial charge >= 0.3 is 6.03 Å². The van der Waals surface area contributed by atoms with Crippen molar-refractivity contribution < 1.29 is 9.59 Å². The first kappa shape index (κ1) is 14.0. The summed E-state index contributed by atoms with van der Waals surface area (Å²) < 4.78 is 0. The van der Waals surface area contributed by atoms with Crippen LogP contribution in [0.1, 0.15) is 29.3 Å². The molecule has 0 radical (unpaired) electrons. The number of amides is 3. The Labute approximate surface area is 107 Å². The normalized spacial score (nSPS) is 9.72. The molecule has 0 unspecified atom stereocenters. The minimum atomic E-state index is -0.256. The molecule has 0 fully saturated rings. The van der Waals surface area contributed by atoms with Crippen LogP contribution in [-0.4, -0.2) is 25.5 Å². The lowest BCUT2D eigenvalue weighted by atomic mass is 10.1. The second kappa shape index (κ2) is 6.64. The van der Waals surface area contributed by atoms with Crippen LogP contribution in [-0.2, 0) is 0 Å². The Morgan fingerprint density at radius 2 is 2.00 bits per heavy atom. The van der Waals surface area contributed by atoms with Crippen LogP contribution in [0.5, 0.6) is 0 Å². The molecule has 0 aromatic heterocycles. The molecular formula is C13H19N3O2. The maximum atomic E-state index is 11.6. The summed E-state index contributed by atoms with van der Waals surface area (Å²) in [7, 11) is 1.57. The fourth-order valence-electron chi connectivity index (χ4n) is 1.45. The van der Waals surface area contributed by atoms with E-state index in [4.69, 9.17) is 0 Å². The van der Waals surface area contributed by atoms with Crippen molar-refractivity contribution in [3.8, 4) is 0 Å². The highest BCUT2D eigenvalue weighted by Crippen LogP contribution is 2.16. The molecule has 0 heterocycles. The highest BCUT2D eigenvalue weighted by molar-refractivity contribution is 5.97. The predicted molar refractivity (Wildman–Crippen MR) is 71.9 cm³/mol. The average Bonchev–Trinajstić information content (AvgIpc) is 2.38. The van der Waals surface area contributed by atoms with E-state index in [1.165, 1.54) is 0 Å². The number of nitrogens with one attached hydrogen (secondary N) is 3.